The van der Waals surface area contributed by atoms with Gasteiger partial charge in [0.05, 0.1) is 7.11 Å². The van der Waals surface area contributed by atoms with Crippen molar-refractivity contribution in [2.45, 2.75) is 6.92 Å². The van der Waals surface area contributed by atoms with Crippen LogP contribution in [0.2, 0.25) is 5.02 Å². The monoisotopic (exact) mass is 362 g/mol. The van der Waals surface area contributed by atoms with Gasteiger partial charge < -0.3 is 10.1 Å². The van der Waals surface area contributed by atoms with Crippen LogP contribution < -0.4 is 10.1 Å². The lowest BCUT2D eigenvalue weighted by Gasteiger charge is -2.08. The molecule has 7 heteroatoms. The number of amidine groups is 1. The van der Waals surface area contributed by atoms with Crippen molar-refractivity contribution in [2.24, 2.45) is 4.40 Å². The number of anilines is 1. The molecule has 0 saturated carbocycles. The van der Waals surface area contributed by atoms with Gasteiger partial charge in [-0.15, -0.1) is 4.40 Å². The van der Waals surface area contributed by atoms with Crippen molar-refractivity contribution in [2.75, 3.05) is 12.4 Å². The Morgan fingerprint density at radius 1 is 1.12 bits per heavy atom. The average Bonchev–Trinajstić information content (AvgIpc) is 2.76. The average molecular weight is 363 g/mol. The van der Waals surface area contributed by atoms with E-state index in [0.717, 1.165) is 0 Å². The van der Waals surface area contributed by atoms with E-state index in [9.17, 15) is 8.42 Å². The Morgan fingerprint density at radius 3 is 2.58 bits per heavy atom. The molecule has 2 aromatic carbocycles. The van der Waals surface area contributed by atoms with Crippen LogP contribution in [0.5, 0.6) is 5.75 Å². The second-order valence-electron chi connectivity index (χ2n) is 5.24. The Kier molecular flexibility index (Phi) is 4.34. The highest BCUT2D eigenvalue weighted by atomic mass is 35.5. The molecule has 24 heavy (non-hydrogen) atoms. The van der Waals surface area contributed by atoms with E-state index in [-0.39, 0.29) is 4.91 Å². The summed E-state index contributed by atoms with van der Waals surface area (Å²) < 4.78 is 33.9. The fourth-order valence-electron chi connectivity index (χ4n) is 2.48. The minimum Gasteiger partial charge on any atom is -0.497 e. The van der Waals surface area contributed by atoms with Crippen molar-refractivity contribution in [3.8, 4) is 5.75 Å². The number of sulfonamides is 1. The number of halogens is 1. The summed E-state index contributed by atoms with van der Waals surface area (Å²) in [5, 5.41) is 3.50. The molecule has 2 aromatic rings. The summed E-state index contributed by atoms with van der Waals surface area (Å²) >= 11 is 5.98. The molecule has 1 N–H and O–H groups in total. The Labute approximate surface area is 145 Å². The largest absolute Gasteiger partial charge is 0.497 e. The molecule has 0 aromatic heterocycles. The van der Waals surface area contributed by atoms with Gasteiger partial charge in [-0.3, -0.25) is 0 Å². The van der Waals surface area contributed by atoms with Gasteiger partial charge in [0.2, 0.25) is 0 Å². The molecule has 0 unspecified atom stereocenters. The lowest BCUT2D eigenvalue weighted by Crippen LogP contribution is -2.11. The summed E-state index contributed by atoms with van der Waals surface area (Å²) in [6.45, 7) is 1.72. The Bertz CT molecular complexity index is 965. The molecule has 0 aliphatic carbocycles. The van der Waals surface area contributed by atoms with Crippen LogP contribution in [0.25, 0.3) is 4.91 Å². The van der Waals surface area contributed by atoms with Gasteiger partial charge in [-0.25, -0.2) is 0 Å². The molecular formula is C17H15ClN2O3S. The first-order valence-electron chi connectivity index (χ1n) is 7.14. The maximum absolute atomic E-state index is 12.5. The molecule has 3 rings (SSSR count). The van der Waals surface area contributed by atoms with Crippen LogP contribution >= 0.6 is 11.6 Å². The fourth-order valence-corrected chi connectivity index (χ4v) is 4.10. The zero-order valence-electron chi connectivity index (χ0n) is 13.1. The van der Waals surface area contributed by atoms with Crippen molar-refractivity contribution in [3.63, 3.8) is 0 Å². The van der Waals surface area contributed by atoms with Crippen molar-refractivity contribution in [1.82, 2.24) is 0 Å². The van der Waals surface area contributed by atoms with Crippen LogP contribution in [-0.4, -0.2) is 21.4 Å². The van der Waals surface area contributed by atoms with E-state index < -0.39 is 10.0 Å². The minimum atomic E-state index is -3.78. The van der Waals surface area contributed by atoms with Crippen molar-refractivity contribution in [3.05, 3.63) is 64.7 Å². The molecule has 1 aliphatic rings. The van der Waals surface area contributed by atoms with Gasteiger partial charge in [0.25, 0.3) is 10.0 Å². The molecule has 0 bridgehead atoms. The van der Waals surface area contributed by atoms with Crippen LogP contribution in [0.3, 0.4) is 0 Å². The predicted molar refractivity (Wildman–Crippen MR) is 97.0 cm³/mol. The number of methoxy groups -OCH3 is 1. The third-order valence-corrected chi connectivity index (χ3v) is 5.30. The zero-order valence-corrected chi connectivity index (χ0v) is 14.6. The van der Waals surface area contributed by atoms with Gasteiger partial charge in [-0.1, -0.05) is 29.8 Å². The minimum absolute atomic E-state index is 0.162. The standard InChI is InChI=1S/C17H15ClN2O3S/c1-11-16(12-5-3-6-13(18)9-12)24(21,22)20-17(11)19-14-7-4-8-15(10-14)23-2/h3-10H,1-2H3,(H,19,20). The SMILES string of the molecule is COc1cccc(NC2=NS(=O)(=O)C(c3cccc(Cl)c3)=C2C)c1. The van der Waals surface area contributed by atoms with E-state index in [1.165, 1.54) is 0 Å². The van der Waals surface area contributed by atoms with Crippen LogP contribution in [0.1, 0.15) is 12.5 Å². The molecule has 0 spiro atoms. The Hall–Kier alpha value is -2.31. The molecule has 124 valence electrons. The number of hydrogen-bond acceptors (Lipinski definition) is 4. The van der Waals surface area contributed by atoms with Gasteiger partial charge in [0.15, 0.2) is 0 Å². The van der Waals surface area contributed by atoms with Crippen molar-refractivity contribution < 1.29 is 13.2 Å². The quantitative estimate of drug-likeness (QED) is 0.898. The van der Waals surface area contributed by atoms with Crippen molar-refractivity contribution in [1.29, 1.82) is 0 Å². The molecule has 0 atom stereocenters. The third-order valence-electron chi connectivity index (χ3n) is 3.58. The van der Waals surface area contributed by atoms with Gasteiger partial charge in [0, 0.05) is 22.3 Å². The van der Waals surface area contributed by atoms with E-state index in [0.29, 0.717) is 33.4 Å². The lowest BCUT2D eigenvalue weighted by atomic mass is 10.1. The number of nitrogens with zero attached hydrogens (tertiary/aromatic N) is 1. The molecule has 0 radical (unpaired) electrons. The highest BCUT2D eigenvalue weighted by Crippen LogP contribution is 2.34. The van der Waals surface area contributed by atoms with Crippen molar-refractivity contribution >= 4 is 38.1 Å². The molecule has 1 heterocycles. The van der Waals surface area contributed by atoms with Gasteiger partial charge in [0.1, 0.15) is 16.5 Å². The second-order valence-corrected chi connectivity index (χ2v) is 7.21. The summed E-state index contributed by atoms with van der Waals surface area (Å²) in [6.07, 6.45) is 0. The summed E-state index contributed by atoms with van der Waals surface area (Å²) in [5.74, 6) is 0.955. The fraction of sp³-hybridized carbons (Fsp3) is 0.118. The Morgan fingerprint density at radius 2 is 1.88 bits per heavy atom. The molecule has 5 nitrogen and oxygen atoms in total. The molecule has 0 saturated heterocycles. The lowest BCUT2D eigenvalue weighted by molar-refractivity contribution is 0.415. The predicted octanol–water partition coefficient (Wildman–Crippen LogP) is 3.93. The number of nitrogens with one attached hydrogen (secondary N) is 1. The number of ether oxygens (including phenoxy) is 1. The van der Waals surface area contributed by atoms with Gasteiger partial charge in [-0.2, -0.15) is 8.42 Å². The third kappa shape index (κ3) is 3.16. The van der Waals surface area contributed by atoms with Gasteiger partial charge in [-0.05, 0) is 36.8 Å². The highest BCUT2D eigenvalue weighted by Gasteiger charge is 2.31. The van der Waals surface area contributed by atoms with Gasteiger partial charge >= 0.3 is 0 Å². The molecular weight excluding hydrogens is 348 g/mol. The summed E-state index contributed by atoms with van der Waals surface area (Å²) in [7, 11) is -2.21. The maximum atomic E-state index is 12.5. The summed E-state index contributed by atoms with van der Waals surface area (Å²) in [6, 6.07) is 13.9. The van der Waals surface area contributed by atoms with Crippen LogP contribution in [0, 0.1) is 0 Å². The van der Waals surface area contributed by atoms with Crippen LogP contribution in [0.4, 0.5) is 5.69 Å². The topological polar surface area (TPSA) is 67.8 Å². The first kappa shape index (κ1) is 16.5. The van der Waals surface area contributed by atoms with E-state index in [4.69, 9.17) is 16.3 Å². The number of hydrogen-bond donors (Lipinski definition) is 1. The van der Waals surface area contributed by atoms with E-state index in [1.54, 1.807) is 50.4 Å². The molecule has 1 aliphatic heterocycles. The first-order chi connectivity index (χ1) is 11.4. The number of rotatable bonds is 3. The highest BCUT2D eigenvalue weighted by molar-refractivity contribution is 8.00. The second kappa shape index (κ2) is 6.30. The smallest absolute Gasteiger partial charge is 0.285 e. The van der Waals surface area contributed by atoms with Crippen LogP contribution in [0.15, 0.2) is 58.5 Å². The Balaban J connectivity index is 2.01. The summed E-state index contributed by atoms with van der Waals surface area (Å²) in [4.78, 5) is 0.162. The summed E-state index contributed by atoms with van der Waals surface area (Å²) in [5.41, 5.74) is 1.75. The first-order valence-corrected chi connectivity index (χ1v) is 8.96. The normalized spacial score (nSPS) is 16.0. The van der Waals surface area contributed by atoms with Crippen LogP contribution in [-0.2, 0) is 10.0 Å². The van der Waals surface area contributed by atoms with E-state index >= 15 is 0 Å². The molecule has 0 amide bonds. The molecule has 0 fully saturated rings. The van der Waals surface area contributed by atoms with E-state index in [1.807, 2.05) is 12.1 Å². The van der Waals surface area contributed by atoms with E-state index in [2.05, 4.69) is 9.71 Å². The zero-order chi connectivity index (χ0) is 17.3. The number of benzene rings is 2. The maximum Gasteiger partial charge on any atom is 0.285 e.